The van der Waals surface area contributed by atoms with Crippen LogP contribution < -0.4 is 5.32 Å². The van der Waals surface area contributed by atoms with Crippen molar-refractivity contribution in [1.82, 2.24) is 25.0 Å². The van der Waals surface area contributed by atoms with Gasteiger partial charge in [-0.15, -0.1) is 0 Å². The van der Waals surface area contributed by atoms with Crippen LogP contribution in [0.1, 0.15) is 46.4 Å². The van der Waals surface area contributed by atoms with Gasteiger partial charge in [0.15, 0.2) is 0 Å². The zero-order valence-electron chi connectivity index (χ0n) is 13.4. The molecule has 0 saturated carbocycles. The fourth-order valence-electron chi connectivity index (χ4n) is 3.16. The molecule has 5 heteroatoms. The van der Waals surface area contributed by atoms with Crippen LogP contribution in [0.5, 0.6) is 0 Å². The number of hydrogen-bond donors (Lipinski definition) is 1. The third kappa shape index (κ3) is 3.20. The van der Waals surface area contributed by atoms with Crippen LogP contribution in [0.2, 0.25) is 0 Å². The van der Waals surface area contributed by atoms with Gasteiger partial charge in [0.05, 0.1) is 6.54 Å². The maximum atomic E-state index is 4.49. The summed E-state index contributed by atoms with van der Waals surface area (Å²) in [6, 6.07) is 0. The third-order valence-corrected chi connectivity index (χ3v) is 4.57. The predicted molar refractivity (Wildman–Crippen MR) is 81.5 cm³/mol. The highest BCUT2D eigenvalue weighted by Crippen LogP contribution is 2.26. The van der Waals surface area contributed by atoms with E-state index in [0.29, 0.717) is 5.92 Å². The van der Waals surface area contributed by atoms with Crippen molar-refractivity contribution in [2.75, 3.05) is 19.6 Å². The second kappa shape index (κ2) is 6.68. The molecule has 1 N–H and O–H groups in total. The molecular formula is C15H29N5. The monoisotopic (exact) mass is 279 g/mol. The van der Waals surface area contributed by atoms with Gasteiger partial charge in [-0.25, -0.2) is 9.67 Å². The maximum absolute atomic E-state index is 4.49. The highest BCUT2D eigenvalue weighted by atomic mass is 15.4. The van der Waals surface area contributed by atoms with E-state index in [1.54, 1.807) is 6.33 Å². The normalized spacial score (nSPS) is 19.6. The fraction of sp³-hybridized carbons (Fsp3) is 0.867. The molecule has 20 heavy (non-hydrogen) atoms. The van der Waals surface area contributed by atoms with Gasteiger partial charge in [-0.05, 0) is 18.8 Å². The summed E-state index contributed by atoms with van der Waals surface area (Å²) in [5.74, 6) is 1.70. The Morgan fingerprint density at radius 3 is 2.75 bits per heavy atom. The Hall–Kier alpha value is -0.940. The van der Waals surface area contributed by atoms with Crippen molar-refractivity contribution in [3.63, 3.8) is 0 Å². The fourth-order valence-corrected chi connectivity index (χ4v) is 3.16. The molecule has 2 rings (SSSR count). The van der Waals surface area contributed by atoms with E-state index in [1.165, 1.54) is 12.8 Å². The van der Waals surface area contributed by atoms with Crippen molar-refractivity contribution < 1.29 is 0 Å². The lowest BCUT2D eigenvalue weighted by molar-refractivity contribution is 0.0410. The van der Waals surface area contributed by atoms with Gasteiger partial charge in [-0.3, -0.25) is 4.90 Å². The Kier molecular flexibility index (Phi) is 5.16. The van der Waals surface area contributed by atoms with Gasteiger partial charge in [0.2, 0.25) is 0 Å². The third-order valence-electron chi connectivity index (χ3n) is 4.57. The van der Waals surface area contributed by atoms with E-state index in [2.05, 4.69) is 52.7 Å². The van der Waals surface area contributed by atoms with E-state index in [-0.39, 0.29) is 5.54 Å². The van der Waals surface area contributed by atoms with Crippen molar-refractivity contribution in [2.24, 2.45) is 5.92 Å². The Bertz CT molecular complexity index is 408. The van der Waals surface area contributed by atoms with E-state index < -0.39 is 0 Å². The summed E-state index contributed by atoms with van der Waals surface area (Å²) in [7, 11) is 0. The zero-order chi connectivity index (χ0) is 14.6. The first-order valence-electron chi connectivity index (χ1n) is 7.93. The summed E-state index contributed by atoms with van der Waals surface area (Å²) in [5, 5.41) is 7.93. The van der Waals surface area contributed by atoms with Crippen LogP contribution in [-0.2, 0) is 13.1 Å². The second-order valence-electron chi connectivity index (χ2n) is 6.28. The molecule has 0 spiro atoms. The molecule has 0 aromatic carbocycles. The van der Waals surface area contributed by atoms with E-state index in [4.69, 9.17) is 0 Å². The van der Waals surface area contributed by atoms with Crippen LogP contribution in [0, 0.1) is 5.92 Å². The van der Waals surface area contributed by atoms with Gasteiger partial charge < -0.3 is 5.32 Å². The SMILES string of the molecule is CCC1(CC)CNCCN1Cc1ncnn1CC(C)C. The minimum atomic E-state index is 0.271. The van der Waals surface area contributed by atoms with E-state index in [0.717, 1.165) is 38.5 Å². The summed E-state index contributed by atoms with van der Waals surface area (Å²) in [4.78, 5) is 7.09. The minimum absolute atomic E-state index is 0.271. The summed E-state index contributed by atoms with van der Waals surface area (Å²) in [5.41, 5.74) is 0.271. The van der Waals surface area contributed by atoms with Crippen LogP contribution in [0.3, 0.4) is 0 Å². The molecule has 1 aliphatic rings. The Balaban J connectivity index is 2.13. The molecule has 1 aromatic heterocycles. The second-order valence-corrected chi connectivity index (χ2v) is 6.28. The summed E-state index contributed by atoms with van der Waals surface area (Å²) >= 11 is 0. The minimum Gasteiger partial charge on any atom is -0.314 e. The first-order valence-corrected chi connectivity index (χ1v) is 7.93. The Morgan fingerprint density at radius 1 is 1.35 bits per heavy atom. The van der Waals surface area contributed by atoms with Crippen molar-refractivity contribution in [1.29, 1.82) is 0 Å². The number of nitrogens with zero attached hydrogens (tertiary/aromatic N) is 4. The number of piperazine rings is 1. The van der Waals surface area contributed by atoms with E-state index in [9.17, 15) is 0 Å². The summed E-state index contributed by atoms with van der Waals surface area (Å²) in [6.45, 7) is 14.1. The average molecular weight is 279 g/mol. The molecule has 1 saturated heterocycles. The van der Waals surface area contributed by atoms with E-state index >= 15 is 0 Å². The number of aromatic nitrogens is 3. The number of hydrogen-bond acceptors (Lipinski definition) is 4. The molecule has 0 unspecified atom stereocenters. The summed E-state index contributed by atoms with van der Waals surface area (Å²) in [6.07, 6.45) is 4.04. The molecular weight excluding hydrogens is 250 g/mol. The van der Waals surface area contributed by atoms with Gasteiger partial charge in [0.25, 0.3) is 0 Å². The summed E-state index contributed by atoms with van der Waals surface area (Å²) < 4.78 is 2.07. The maximum Gasteiger partial charge on any atom is 0.141 e. The molecule has 0 radical (unpaired) electrons. The van der Waals surface area contributed by atoms with E-state index in [1.807, 2.05) is 0 Å². The molecule has 0 atom stereocenters. The zero-order valence-corrected chi connectivity index (χ0v) is 13.4. The molecule has 5 nitrogen and oxygen atoms in total. The van der Waals surface area contributed by atoms with Gasteiger partial charge in [0.1, 0.15) is 12.2 Å². The molecule has 114 valence electrons. The van der Waals surface area contributed by atoms with Crippen molar-refractivity contribution >= 4 is 0 Å². The molecule has 0 amide bonds. The highest BCUT2D eigenvalue weighted by molar-refractivity contribution is 4.97. The Morgan fingerprint density at radius 2 is 2.10 bits per heavy atom. The molecule has 0 aliphatic carbocycles. The molecule has 1 fully saturated rings. The van der Waals surface area contributed by atoms with Gasteiger partial charge in [0, 0.05) is 31.7 Å². The van der Waals surface area contributed by atoms with Crippen LogP contribution >= 0.6 is 0 Å². The van der Waals surface area contributed by atoms with Crippen molar-refractivity contribution in [3.05, 3.63) is 12.2 Å². The van der Waals surface area contributed by atoms with Gasteiger partial charge >= 0.3 is 0 Å². The largest absolute Gasteiger partial charge is 0.314 e. The van der Waals surface area contributed by atoms with Crippen molar-refractivity contribution in [3.8, 4) is 0 Å². The highest BCUT2D eigenvalue weighted by Gasteiger charge is 2.36. The van der Waals surface area contributed by atoms with Gasteiger partial charge in [-0.2, -0.15) is 5.10 Å². The Labute approximate surface area is 122 Å². The van der Waals surface area contributed by atoms with Crippen LogP contribution in [0.25, 0.3) is 0 Å². The molecule has 1 aromatic rings. The smallest absolute Gasteiger partial charge is 0.141 e. The predicted octanol–water partition coefficient (Wildman–Crippen LogP) is 1.90. The van der Waals surface area contributed by atoms with Crippen LogP contribution in [0.4, 0.5) is 0 Å². The first kappa shape index (κ1) is 15.4. The van der Waals surface area contributed by atoms with Crippen molar-refractivity contribution in [2.45, 2.75) is 59.2 Å². The average Bonchev–Trinajstić information content (AvgIpc) is 2.86. The quantitative estimate of drug-likeness (QED) is 0.864. The first-order chi connectivity index (χ1) is 9.61. The van der Waals surface area contributed by atoms with Crippen LogP contribution in [-0.4, -0.2) is 44.8 Å². The lowest BCUT2D eigenvalue weighted by Crippen LogP contribution is -2.60. The molecule has 0 bridgehead atoms. The number of nitrogens with one attached hydrogen (secondary N) is 1. The number of rotatable bonds is 6. The topological polar surface area (TPSA) is 46.0 Å². The van der Waals surface area contributed by atoms with Crippen LogP contribution in [0.15, 0.2) is 6.33 Å². The molecule has 1 aliphatic heterocycles. The van der Waals surface area contributed by atoms with Gasteiger partial charge in [-0.1, -0.05) is 27.7 Å². The lowest BCUT2D eigenvalue weighted by atomic mass is 9.88. The lowest BCUT2D eigenvalue weighted by Gasteiger charge is -2.46. The standard InChI is InChI=1S/C15H29N5/c1-5-15(6-2)11-16-7-8-19(15)10-14-17-12-18-20(14)9-13(3)4/h12-13,16H,5-11H2,1-4H3. The molecule has 2 heterocycles.